The molecule has 14 heavy (non-hydrogen) atoms. The van der Waals surface area contributed by atoms with Crippen LogP contribution in [0.3, 0.4) is 0 Å². The summed E-state index contributed by atoms with van der Waals surface area (Å²) in [5.41, 5.74) is 7.75. The maximum absolute atomic E-state index is 5.96. The van der Waals surface area contributed by atoms with Crippen LogP contribution in [-0.2, 0) is 4.74 Å². The number of anilines is 1. The molecule has 1 aliphatic rings. The van der Waals surface area contributed by atoms with E-state index in [-0.39, 0.29) is 0 Å². The zero-order valence-electron chi connectivity index (χ0n) is 8.00. The van der Waals surface area contributed by atoms with Crippen molar-refractivity contribution in [3.63, 3.8) is 0 Å². The van der Waals surface area contributed by atoms with Crippen LogP contribution in [-0.4, -0.2) is 13.2 Å². The molecule has 0 aromatic heterocycles. The second-order valence-electron chi connectivity index (χ2n) is 3.70. The second kappa shape index (κ2) is 4.20. The minimum absolute atomic E-state index is 0.560. The van der Waals surface area contributed by atoms with Crippen molar-refractivity contribution in [1.29, 1.82) is 0 Å². The summed E-state index contributed by atoms with van der Waals surface area (Å²) in [7, 11) is 0. The second-order valence-corrected chi connectivity index (χ2v) is 4.14. The van der Waals surface area contributed by atoms with Crippen molar-refractivity contribution in [3.8, 4) is 0 Å². The minimum Gasteiger partial charge on any atom is -0.399 e. The molecule has 0 bridgehead atoms. The van der Waals surface area contributed by atoms with E-state index >= 15 is 0 Å². The molecule has 1 fully saturated rings. The van der Waals surface area contributed by atoms with Gasteiger partial charge in [0.25, 0.3) is 0 Å². The predicted octanol–water partition coefficient (Wildman–Crippen LogP) is 2.82. The Morgan fingerprint density at radius 2 is 1.93 bits per heavy atom. The van der Waals surface area contributed by atoms with Crippen molar-refractivity contribution >= 4 is 17.3 Å². The predicted molar refractivity (Wildman–Crippen MR) is 58.7 cm³/mol. The van der Waals surface area contributed by atoms with Gasteiger partial charge in [-0.25, -0.2) is 0 Å². The van der Waals surface area contributed by atoms with E-state index in [9.17, 15) is 0 Å². The van der Waals surface area contributed by atoms with Crippen LogP contribution in [0.2, 0.25) is 5.02 Å². The van der Waals surface area contributed by atoms with Crippen molar-refractivity contribution in [3.05, 3.63) is 28.8 Å². The molecule has 3 heteroatoms. The Hall–Kier alpha value is -0.730. The highest BCUT2D eigenvalue weighted by atomic mass is 35.5. The molecule has 2 nitrogen and oxygen atoms in total. The summed E-state index contributed by atoms with van der Waals surface area (Å²) in [4.78, 5) is 0. The number of nitrogen functional groups attached to an aromatic ring is 1. The summed E-state index contributed by atoms with van der Waals surface area (Å²) in [5, 5.41) is 0.728. The Balaban J connectivity index is 2.21. The standard InChI is InChI=1S/C11H14ClNO/c12-10-5-9(6-11(13)7-10)8-1-3-14-4-2-8/h5-8H,1-4,13H2. The molecule has 1 aliphatic heterocycles. The van der Waals surface area contributed by atoms with Gasteiger partial charge in [-0.3, -0.25) is 0 Å². The first-order valence-corrected chi connectivity index (χ1v) is 5.27. The summed E-state index contributed by atoms with van der Waals surface area (Å²) < 4.78 is 5.32. The number of halogens is 1. The van der Waals surface area contributed by atoms with Crippen LogP contribution in [0, 0.1) is 0 Å². The Morgan fingerprint density at radius 1 is 1.21 bits per heavy atom. The van der Waals surface area contributed by atoms with E-state index in [1.54, 1.807) is 6.07 Å². The van der Waals surface area contributed by atoms with Gasteiger partial charge >= 0.3 is 0 Å². The Kier molecular flexibility index (Phi) is 2.94. The van der Waals surface area contributed by atoms with Crippen molar-refractivity contribution in [1.82, 2.24) is 0 Å². The van der Waals surface area contributed by atoms with Crippen LogP contribution in [0.25, 0.3) is 0 Å². The molecule has 0 atom stereocenters. The smallest absolute Gasteiger partial charge is 0.0471 e. The van der Waals surface area contributed by atoms with E-state index in [1.165, 1.54) is 5.56 Å². The summed E-state index contributed by atoms with van der Waals surface area (Å²) in [6.45, 7) is 1.69. The fraction of sp³-hybridized carbons (Fsp3) is 0.455. The number of rotatable bonds is 1. The molecule has 1 aromatic rings. The molecular formula is C11H14ClNO. The Morgan fingerprint density at radius 3 is 2.57 bits per heavy atom. The van der Waals surface area contributed by atoms with Crippen molar-refractivity contribution in [2.24, 2.45) is 0 Å². The first-order valence-electron chi connectivity index (χ1n) is 4.89. The quantitative estimate of drug-likeness (QED) is 0.725. The summed E-state index contributed by atoms with van der Waals surface area (Å²) in [6.07, 6.45) is 2.14. The van der Waals surface area contributed by atoms with Crippen LogP contribution >= 0.6 is 11.6 Å². The van der Waals surface area contributed by atoms with E-state index in [0.29, 0.717) is 5.92 Å². The number of hydrogen-bond donors (Lipinski definition) is 1. The SMILES string of the molecule is Nc1cc(Cl)cc(C2CCOCC2)c1. The average molecular weight is 212 g/mol. The van der Waals surface area contributed by atoms with Crippen molar-refractivity contribution in [2.45, 2.75) is 18.8 Å². The third-order valence-electron chi connectivity index (χ3n) is 2.64. The van der Waals surface area contributed by atoms with Crippen LogP contribution in [0.15, 0.2) is 18.2 Å². The lowest BCUT2D eigenvalue weighted by molar-refractivity contribution is 0.0853. The van der Waals surface area contributed by atoms with E-state index < -0.39 is 0 Å². The van der Waals surface area contributed by atoms with Gasteiger partial charge in [-0.1, -0.05) is 11.6 Å². The number of ether oxygens (including phenoxy) is 1. The van der Waals surface area contributed by atoms with Gasteiger partial charge in [-0.15, -0.1) is 0 Å². The van der Waals surface area contributed by atoms with Gasteiger partial charge in [0.05, 0.1) is 0 Å². The van der Waals surface area contributed by atoms with Gasteiger partial charge in [0.2, 0.25) is 0 Å². The largest absolute Gasteiger partial charge is 0.399 e. The molecule has 76 valence electrons. The van der Waals surface area contributed by atoms with Gasteiger partial charge in [0.1, 0.15) is 0 Å². The van der Waals surface area contributed by atoms with Crippen LogP contribution < -0.4 is 5.73 Å². The van der Waals surface area contributed by atoms with E-state index in [2.05, 4.69) is 0 Å². The number of nitrogens with two attached hydrogens (primary N) is 1. The lowest BCUT2D eigenvalue weighted by atomic mass is 9.91. The van der Waals surface area contributed by atoms with Gasteiger partial charge < -0.3 is 10.5 Å². The summed E-state index contributed by atoms with van der Waals surface area (Å²) in [6, 6.07) is 5.81. The topological polar surface area (TPSA) is 35.2 Å². The van der Waals surface area contributed by atoms with E-state index in [1.807, 2.05) is 12.1 Å². The molecule has 1 heterocycles. The summed E-state index contributed by atoms with van der Waals surface area (Å²) in [5.74, 6) is 0.560. The maximum Gasteiger partial charge on any atom is 0.0471 e. The zero-order valence-corrected chi connectivity index (χ0v) is 8.76. The van der Waals surface area contributed by atoms with Crippen molar-refractivity contribution in [2.75, 3.05) is 18.9 Å². The molecule has 1 saturated heterocycles. The van der Waals surface area contributed by atoms with Gasteiger partial charge in [0, 0.05) is 23.9 Å². The highest BCUT2D eigenvalue weighted by molar-refractivity contribution is 6.30. The molecule has 0 radical (unpaired) electrons. The molecule has 0 amide bonds. The average Bonchev–Trinajstić information content (AvgIpc) is 2.18. The fourth-order valence-corrected chi connectivity index (χ4v) is 2.15. The highest BCUT2D eigenvalue weighted by Gasteiger charge is 2.16. The van der Waals surface area contributed by atoms with Gasteiger partial charge in [0.15, 0.2) is 0 Å². The van der Waals surface area contributed by atoms with Gasteiger partial charge in [-0.2, -0.15) is 0 Å². The first-order chi connectivity index (χ1) is 6.75. The van der Waals surface area contributed by atoms with E-state index in [4.69, 9.17) is 22.1 Å². The molecule has 0 aliphatic carbocycles. The highest BCUT2D eigenvalue weighted by Crippen LogP contribution is 2.30. The minimum atomic E-state index is 0.560. The molecule has 0 unspecified atom stereocenters. The molecule has 2 N–H and O–H groups in total. The Bertz CT molecular complexity index is 301. The monoisotopic (exact) mass is 211 g/mol. The van der Waals surface area contributed by atoms with Crippen molar-refractivity contribution < 1.29 is 4.74 Å². The molecular weight excluding hydrogens is 198 g/mol. The lowest BCUT2D eigenvalue weighted by Gasteiger charge is -2.22. The molecule has 0 saturated carbocycles. The number of benzene rings is 1. The molecule has 1 aromatic carbocycles. The van der Waals surface area contributed by atoms with Gasteiger partial charge in [-0.05, 0) is 42.5 Å². The third kappa shape index (κ3) is 2.20. The fourth-order valence-electron chi connectivity index (χ4n) is 1.90. The first kappa shape index (κ1) is 9.81. The number of hydrogen-bond acceptors (Lipinski definition) is 2. The maximum atomic E-state index is 5.96. The van der Waals surface area contributed by atoms with Crippen LogP contribution in [0.5, 0.6) is 0 Å². The zero-order chi connectivity index (χ0) is 9.97. The summed E-state index contributed by atoms with van der Waals surface area (Å²) >= 11 is 5.96. The normalized spacial score (nSPS) is 18.4. The van der Waals surface area contributed by atoms with Crippen LogP contribution in [0.4, 0.5) is 5.69 Å². The lowest BCUT2D eigenvalue weighted by Crippen LogP contribution is -2.14. The van der Waals surface area contributed by atoms with E-state index in [0.717, 1.165) is 36.8 Å². The van der Waals surface area contributed by atoms with Crippen LogP contribution in [0.1, 0.15) is 24.3 Å². The Labute approximate surface area is 89.0 Å². The third-order valence-corrected chi connectivity index (χ3v) is 2.85. The molecule has 0 spiro atoms. The molecule has 2 rings (SSSR count).